The minimum atomic E-state index is 0.336. The number of nitrogens with one attached hydrogen (secondary N) is 1. The monoisotopic (exact) mass is 384 g/mol. The Balaban J connectivity index is 1.44. The predicted octanol–water partition coefficient (Wildman–Crippen LogP) is 4.58. The van der Waals surface area contributed by atoms with Gasteiger partial charge in [0.15, 0.2) is 0 Å². The van der Waals surface area contributed by atoms with Crippen LogP contribution in [-0.2, 0) is 0 Å². The van der Waals surface area contributed by atoms with Crippen LogP contribution < -0.4 is 11.1 Å². The number of aryl methyl sites for hydroxylation is 1. The summed E-state index contributed by atoms with van der Waals surface area (Å²) in [6, 6.07) is 16.1. The van der Waals surface area contributed by atoms with E-state index in [1.54, 1.807) is 6.33 Å². The number of nitrogens with two attached hydrogens (primary N) is 1. The molecule has 0 aliphatic heterocycles. The topological polar surface area (TPSA) is 89.6 Å². The molecule has 0 amide bonds. The molecule has 146 valence electrons. The molecule has 1 atom stereocenters. The number of anilines is 2. The summed E-state index contributed by atoms with van der Waals surface area (Å²) in [5.41, 5.74) is 10.9. The number of nitrogens with zero attached hydrogens (tertiary/aromatic N) is 4. The van der Waals surface area contributed by atoms with Gasteiger partial charge in [-0.3, -0.25) is 4.98 Å². The third-order valence-electron chi connectivity index (χ3n) is 5.06. The Morgan fingerprint density at radius 1 is 1.03 bits per heavy atom. The second kappa shape index (κ2) is 8.22. The molecule has 6 heteroatoms. The van der Waals surface area contributed by atoms with Crippen LogP contribution in [0.25, 0.3) is 22.2 Å². The highest BCUT2D eigenvalue weighted by Gasteiger charge is 2.11. The summed E-state index contributed by atoms with van der Waals surface area (Å²) in [4.78, 5) is 17.6. The highest BCUT2D eigenvalue weighted by Crippen LogP contribution is 2.27. The van der Waals surface area contributed by atoms with Gasteiger partial charge in [0.25, 0.3) is 0 Å². The van der Waals surface area contributed by atoms with Gasteiger partial charge in [-0.1, -0.05) is 25.1 Å². The molecule has 0 fully saturated rings. The molecule has 1 unspecified atom stereocenters. The van der Waals surface area contributed by atoms with Crippen LogP contribution in [0.5, 0.6) is 0 Å². The van der Waals surface area contributed by atoms with Crippen molar-refractivity contribution in [3.05, 3.63) is 72.3 Å². The lowest BCUT2D eigenvalue weighted by Gasteiger charge is -2.15. The number of benzene rings is 1. The molecule has 3 heterocycles. The molecule has 1 aromatic carbocycles. The first-order chi connectivity index (χ1) is 14.1. The van der Waals surface area contributed by atoms with E-state index in [-0.39, 0.29) is 0 Å². The number of hydrogen-bond donors (Lipinski definition) is 2. The van der Waals surface area contributed by atoms with Crippen molar-refractivity contribution in [3.8, 4) is 11.3 Å². The van der Waals surface area contributed by atoms with Crippen LogP contribution in [0.15, 0.2) is 61.1 Å². The van der Waals surface area contributed by atoms with Gasteiger partial charge >= 0.3 is 0 Å². The summed E-state index contributed by atoms with van der Waals surface area (Å²) in [6.07, 6.45) is 4.36. The normalized spacial score (nSPS) is 12.1. The van der Waals surface area contributed by atoms with Crippen LogP contribution in [0.3, 0.4) is 0 Å². The first kappa shape index (κ1) is 18.8. The average molecular weight is 384 g/mol. The van der Waals surface area contributed by atoms with E-state index in [0.29, 0.717) is 11.7 Å². The maximum absolute atomic E-state index is 5.90. The van der Waals surface area contributed by atoms with Crippen LogP contribution in [-0.4, -0.2) is 26.5 Å². The zero-order valence-electron chi connectivity index (χ0n) is 16.6. The molecule has 29 heavy (non-hydrogen) atoms. The van der Waals surface area contributed by atoms with E-state index in [2.05, 4.69) is 50.4 Å². The summed E-state index contributed by atoms with van der Waals surface area (Å²) in [5.74, 6) is 1.69. The van der Waals surface area contributed by atoms with E-state index in [4.69, 9.17) is 5.73 Å². The van der Waals surface area contributed by atoms with Crippen LogP contribution in [0.4, 0.5) is 11.6 Å². The molecule has 4 rings (SSSR count). The molecule has 0 aliphatic carbocycles. The standard InChI is InChI=1S/C23H24N6/c1-15(19-5-3-4-17-8-9-21(24)29-23(17)19)10-11-25-22-12-20(27-14-28-22)18-7-6-16(2)26-13-18/h3-9,12-15H,10-11H2,1-2H3,(H2,24,29)(H,25,27,28). The van der Waals surface area contributed by atoms with Gasteiger partial charge in [-0.25, -0.2) is 15.0 Å². The Labute approximate surface area is 170 Å². The van der Waals surface area contributed by atoms with E-state index in [0.717, 1.165) is 46.6 Å². The Morgan fingerprint density at radius 3 is 2.76 bits per heavy atom. The lowest BCUT2D eigenvalue weighted by Crippen LogP contribution is -2.08. The van der Waals surface area contributed by atoms with E-state index in [9.17, 15) is 0 Å². The van der Waals surface area contributed by atoms with Gasteiger partial charge in [-0.05, 0) is 49.1 Å². The molecule has 0 saturated carbocycles. The number of fused-ring (bicyclic) bond motifs is 1. The fourth-order valence-corrected chi connectivity index (χ4v) is 3.39. The summed E-state index contributed by atoms with van der Waals surface area (Å²) >= 11 is 0. The quantitative estimate of drug-likeness (QED) is 0.506. The Morgan fingerprint density at radius 2 is 1.93 bits per heavy atom. The Bertz CT molecular complexity index is 1120. The molecule has 0 spiro atoms. The minimum Gasteiger partial charge on any atom is -0.384 e. The van der Waals surface area contributed by atoms with Crippen LogP contribution in [0.2, 0.25) is 0 Å². The van der Waals surface area contributed by atoms with Crippen LogP contribution in [0, 0.1) is 6.92 Å². The SMILES string of the molecule is Cc1ccc(-c2cc(NCCC(C)c3cccc4ccc(N)nc34)ncn2)cn1. The van der Waals surface area contributed by atoms with Gasteiger partial charge in [0.2, 0.25) is 0 Å². The summed E-state index contributed by atoms with van der Waals surface area (Å²) in [6.45, 7) is 4.98. The van der Waals surface area contributed by atoms with E-state index >= 15 is 0 Å². The summed E-state index contributed by atoms with van der Waals surface area (Å²) < 4.78 is 0. The van der Waals surface area contributed by atoms with Gasteiger partial charge in [-0.2, -0.15) is 0 Å². The van der Waals surface area contributed by atoms with Crippen molar-refractivity contribution < 1.29 is 0 Å². The lowest BCUT2D eigenvalue weighted by atomic mass is 9.95. The molecular formula is C23H24N6. The third-order valence-corrected chi connectivity index (χ3v) is 5.06. The lowest BCUT2D eigenvalue weighted by molar-refractivity contribution is 0.708. The summed E-state index contributed by atoms with van der Waals surface area (Å²) in [5, 5.41) is 4.52. The number of pyridine rings is 2. The first-order valence-corrected chi connectivity index (χ1v) is 9.74. The molecule has 0 aliphatic rings. The van der Waals surface area contributed by atoms with E-state index in [1.807, 2.05) is 43.5 Å². The number of rotatable bonds is 6. The summed E-state index contributed by atoms with van der Waals surface area (Å²) in [7, 11) is 0. The number of aromatic nitrogens is 4. The molecule has 4 aromatic rings. The smallest absolute Gasteiger partial charge is 0.129 e. The fourth-order valence-electron chi connectivity index (χ4n) is 3.39. The second-order valence-electron chi connectivity index (χ2n) is 7.25. The zero-order valence-corrected chi connectivity index (χ0v) is 16.6. The average Bonchev–Trinajstić information content (AvgIpc) is 2.74. The molecule has 3 N–H and O–H groups in total. The fraction of sp³-hybridized carbons (Fsp3) is 0.217. The Hall–Kier alpha value is -3.54. The highest BCUT2D eigenvalue weighted by molar-refractivity contribution is 5.83. The molecule has 0 bridgehead atoms. The van der Waals surface area contributed by atoms with Crippen molar-refractivity contribution in [2.45, 2.75) is 26.2 Å². The van der Waals surface area contributed by atoms with Crippen LogP contribution >= 0.6 is 0 Å². The van der Waals surface area contributed by atoms with E-state index < -0.39 is 0 Å². The number of nitrogen functional groups attached to an aromatic ring is 1. The molecule has 0 saturated heterocycles. The van der Waals surface area contributed by atoms with Crippen molar-refractivity contribution in [1.29, 1.82) is 0 Å². The Kier molecular flexibility index (Phi) is 5.33. The number of hydrogen-bond acceptors (Lipinski definition) is 6. The van der Waals surface area contributed by atoms with Gasteiger partial charge < -0.3 is 11.1 Å². The molecule has 0 radical (unpaired) electrons. The van der Waals surface area contributed by atoms with Crippen molar-refractivity contribution >= 4 is 22.5 Å². The highest BCUT2D eigenvalue weighted by atomic mass is 15.0. The maximum atomic E-state index is 5.90. The second-order valence-corrected chi connectivity index (χ2v) is 7.25. The molecular weight excluding hydrogens is 360 g/mol. The third kappa shape index (κ3) is 4.32. The van der Waals surface area contributed by atoms with Crippen LogP contribution in [0.1, 0.15) is 30.5 Å². The predicted molar refractivity (Wildman–Crippen MR) is 118 cm³/mol. The zero-order chi connectivity index (χ0) is 20.2. The van der Waals surface area contributed by atoms with Gasteiger partial charge in [0.1, 0.15) is 18.0 Å². The first-order valence-electron chi connectivity index (χ1n) is 9.74. The van der Waals surface area contributed by atoms with Crippen molar-refractivity contribution in [3.63, 3.8) is 0 Å². The van der Waals surface area contributed by atoms with E-state index in [1.165, 1.54) is 5.56 Å². The van der Waals surface area contributed by atoms with Crippen molar-refractivity contribution in [2.75, 3.05) is 17.6 Å². The van der Waals surface area contributed by atoms with Gasteiger partial charge in [-0.15, -0.1) is 0 Å². The van der Waals surface area contributed by atoms with Crippen molar-refractivity contribution in [2.24, 2.45) is 0 Å². The van der Waals surface area contributed by atoms with Gasteiger partial charge in [0.05, 0.1) is 11.2 Å². The molecule has 6 nitrogen and oxygen atoms in total. The largest absolute Gasteiger partial charge is 0.384 e. The maximum Gasteiger partial charge on any atom is 0.129 e. The van der Waals surface area contributed by atoms with Crippen molar-refractivity contribution in [1.82, 2.24) is 19.9 Å². The van der Waals surface area contributed by atoms with Gasteiger partial charge in [0, 0.05) is 35.5 Å². The number of para-hydroxylation sites is 1. The molecule has 3 aromatic heterocycles. The minimum absolute atomic E-state index is 0.336.